The zero-order valence-corrected chi connectivity index (χ0v) is 11.3. The highest BCUT2D eigenvalue weighted by Crippen LogP contribution is 2.10. The first-order valence-electron chi connectivity index (χ1n) is 6.36. The molecule has 1 rings (SSSR count). The number of piperazine rings is 1. The highest BCUT2D eigenvalue weighted by Gasteiger charge is 2.27. The third kappa shape index (κ3) is 4.27. The molecule has 0 aliphatic carbocycles. The SMILES string of the molecule is CCC1CN(CC(NC(C)=O)C(=O)O)CCN1C. The van der Waals surface area contributed by atoms with Gasteiger partial charge in [0.05, 0.1) is 0 Å². The number of nitrogens with one attached hydrogen (secondary N) is 1. The molecule has 2 atom stereocenters. The topological polar surface area (TPSA) is 72.9 Å². The van der Waals surface area contributed by atoms with Gasteiger partial charge in [-0.2, -0.15) is 0 Å². The van der Waals surface area contributed by atoms with Crippen LogP contribution in [0.15, 0.2) is 0 Å². The van der Waals surface area contributed by atoms with Gasteiger partial charge < -0.3 is 15.3 Å². The summed E-state index contributed by atoms with van der Waals surface area (Å²) >= 11 is 0. The van der Waals surface area contributed by atoms with Crippen LogP contribution in [-0.4, -0.2) is 72.1 Å². The van der Waals surface area contributed by atoms with E-state index in [9.17, 15) is 9.59 Å². The van der Waals surface area contributed by atoms with Crippen molar-refractivity contribution in [3.63, 3.8) is 0 Å². The summed E-state index contributed by atoms with van der Waals surface area (Å²) in [6.45, 7) is 6.48. The maximum Gasteiger partial charge on any atom is 0.327 e. The standard InChI is InChI=1S/C12H23N3O3/c1-4-10-7-15(6-5-14(10)3)8-11(12(17)18)13-9(2)16/h10-11H,4-8H2,1-3H3,(H,13,16)(H,17,18). The number of nitrogens with zero attached hydrogens (tertiary/aromatic N) is 2. The molecule has 6 heteroatoms. The van der Waals surface area contributed by atoms with Crippen LogP contribution >= 0.6 is 0 Å². The van der Waals surface area contributed by atoms with Gasteiger partial charge in [-0.1, -0.05) is 6.92 Å². The molecule has 1 aliphatic rings. The van der Waals surface area contributed by atoms with E-state index in [4.69, 9.17) is 5.11 Å². The predicted molar refractivity (Wildman–Crippen MR) is 68.4 cm³/mol. The summed E-state index contributed by atoms with van der Waals surface area (Å²) in [6.07, 6.45) is 1.05. The minimum Gasteiger partial charge on any atom is -0.480 e. The Labute approximate surface area is 108 Å². The molecule has 0 aromatic rings. The molecule has 1 fully saturated rings. The zero-order valence-electron chi connectivity index (χ0n) is 11.3. The molecule has 1 aliphatic heterocycles. The fourth-order valence-electron chi connectivity index (χ4n) is 2.31. The Balaban J connectivity index is 2.54. The molecule has 104 valence electrons. The average Bonchev–Trinajstić information content (AvgIpc) is 2.29. The van der Waals surface area contributed by atoms with Crippen LogP contribution in [-0.2, 0) is 9.59 Å². The quantitative estimate of drug-likeness (QED) is 0.701. The van der Waals surface area contributed by atoms with Gasteiger partial charge in [0.15, 0.2) is 0 Å². The van der Waals surface area contributed by atoms with Crippen molar-refractivity contribution >= 4 is 11.9 Å². The monoisotopic (exact) mass is 257 g/mol. The zero-order chi connectivity index (χ0) is 13.7. The van der Waals surface area contributed by atoms with Crippen molar-refractivity contribution in [2.75, 3.05) is 33.2 Å². The van der Waals surface area contributed by atoms with Crippen molar-refractivity contribution in [3.8, 4) is 0 Å². The number of amides is 1. The van der Waals surface area contributed by atoms with Crippen LogP contribution in [0.1, 0.15) is 20.3 Å². The van der Waals surface area contributed by atoms with E-state index in [1.807, 2.05) is 0 Å². The van der Waals surface area contributed by atoms with Crippen LogP contribution in [0.3, 0.4) is 0 Å². The normalized spacial score (nSPS) is 23.6. The number of carboxylic acid groups (broad SMARTS) is 1. The number of hydrogen-bond donors (Lipinski definition) is 2. The van der Waals surface area contributed by atoms with Gasteiger partial charge in [0.1, 0.15) is 6.04 Å². The van der Waals surface area contributed by atoms with Crippen molar-refractivity contribution in [1.82, 2.24) is 15.1 Å². The van der Waals surface area contributed by atoms with Crippen molar-refractivity contribution in [1.29, 1.82) is 0 Å². The molecule has 1 amide bonds. The van der Waals surface area contributed by atoms with Gasteiger partial charge in [0.2, 0.25) is 5.91 Å². The van der Waals surface area contributed by atoms with E-state index in [1.54, 1.807) is 0 Å². The molecule has 2 N–H and O–H groups in total. The largest absolute Gasteiger partial charge is 0.480 e. The van der Waals surface area contributed by atoms with Crippen LogP contribution in [0.2, 0.25) is 0 Å². The molecule has 0 spiro atoms. The smallest absolute Gasteiger partial charge is 0.327 e. The summed E-state index contributed by atoms with van der Waals surface area (Å²) in [5.41, 5.74) is 0. The van der Waals surface area contributed by atoms with E-state index in [0.717, 1.165) is 26.1 Å². The third-order valence-electron chi connectivity index (χ3n) is 3.45. The van der Waals surface area contributed by atoms with E-state index >= 15 is 0 Å². The number of carbonyl (C=O) groups is 2. The van der Waals surface area contributed by atoms with E-state index in [-0.39, 0.29) is 5.91 Å². The molecule has 1 heterocycles. The van der Waals surface area contributed by atoms with Crippen LogP contribution in [0.5, 0.6) is 0 Å². The van der Waals surface area contributed by atoms with Crippen LogP contribution in [0, 0.1) is 0 Å². The van der Waals surface area contributed by atoms with E-state index in [1.165, 1.54) is 6.92 Å². The molecule has 0 bridgehead atoms. The van der Waals surface area contributed by atoms with Crippen LogP contribution in [0.25, 0.3) is 0 Å². The van der Waals surface area contributed by atoms with Gasteiger partial charge in [0, 0.05) is 39.1 Å². The first-order valence-corrected chi connectivity index (χ1v) is 6.36. The van der Waals surface area contributed by atoms with E-state index < -0.39 is 12.0 Å². The lowest BCUT2D eigenvalue weighted by Gasteiger charge is -2.39. The Morgan fingerprint density at radius 2 is 2.11 bits per heavy atom. The summed E-state index contributed by atoms with van der Waals surface area (Å²) in [5.74, 6) is -1.28. The van der Waals surface area contributed by atoms with Crippen LogP contribution < -0.4 is 5.32 Å². The second-order valence-corrected chi connectivity index (χ2v) is 4.89. The number of aliphatic carboxylic acids is 1. The van der Waals surface area contributed by atoms with E-state index in [0.29, 0.717) is 12.6 Å². The number of likely N-dealkylation sites (N-methyl/N-ethyl adjacent to an activating group) is 1. The number of carboxylic acids is 1. The van der Waals surface area contributed by atoms with Crippen molar-refractivity contribution in [3.05, 3.63) is 0 Å². The Morgan fingerprint density at radius 1 is 1.44 bits per heavy atom. The molecule has 2 unspecified atom stereocenters. The van der Waals surface area contributed by atoms with E-state index in [2.05, 4.69) is 29.1 Å². The van der Waals surface area contributed by atoms with Crippen molar-refractivity contribution in [2.24, 2.45) is 0 Å². The van der Waals surface area contributed by atoms with Crippen LogP contribution in [0.4, 0.5) is 0 Å². The van der Waals surface area contributed by atoms with Gasteiger partial charge in [-0.05, 0) is 13.5 Å². The summed E-state index contributed by atoms with van der Waals surface area (Å²) in [7, 11) is 2.09. The van der Waals surface area contributed by atoms with Gasteiger partial charge in [-0.15, -0.1) is 0 Å². The number of hydrogen-bond acceptors (Lipinski definition) is 4. The maximum absolute atomic E-state index is 11.1. The minimum absolute atomic E-state index is 0.302. The lowest BCUT2D eigenvalue weighted by molar-refractivity contribution is -0.142. The minimum atomic E-state index is -0.975. The van der Waals surface area contributed by atoms with Crippen molar-refractivity contribution < 1.29 is 14.7 Å². The highest BCUT2D eigenvalue weighted by molar-refractivity contribution is 5.82. The average molecular weight is 257 g/mol. The molecular weight excluding hydrogens is 234 g/mol. The number of carbonyl (C=O) groups excluding carboxylic acids is 1. The van der Waals surface area contributed by atoms with Gasteiger partial charge in [-0.3, -0.25) is 9.69 Å². The summed E-state index contributed by atoms with van der Waals surface area (Å²) in [6, 6.07) is -0.353. The fraction of sp³-hybridized carbons (Fsp3) is 0.833. The molecule has 1 saturated heterocycles. The predicted octanol–water partition coefficient (Wildman–Crippen LogP) is -0.398. The van der Waals surface area contributed by atoms with Gasteiger partial charge in [0.25, 0.3) is 0 Å². The molecular formula is C12H23N3O3. The second kappa shape index (κ2) is 6.70. The Hall–Kier alpha value is -1.14. The Bertz CT molecular complexity index is 309. The molecule has 6 nitrogen and oxygen atoms in total. The molecule has 0 aromatic carbocycles. The first kappa shape index (κ1) is 14.9. The van der Waals surface area contributed by atoms with Gasteiger partial charge in [-0.25, -0.2) is 4.79 Å². The fourth-order valence-corrected chi connectivity index (χ4v) is 2.31. The first-order chi connectivity index (χ1) is 8.43. The highest BCUT2D eigenvalue weighted by atomic mass is 16.4. The molecule has 0 aromatic heterocycles. The van der Waals surface area contributed by atoms with Gasteiger partial charge >= 0.3 is 5.97 Å². The third-order valence-corrected chi connectivity index (χ3v) is 3.45. The summed E-state index contributed by atoms with van der Waals surface area (Å²) in [4.78, 5) is 26.5. The molecule has 18 heavy (non-hydrogen) atoms. The molecule has 0 saturated carbocycles. The van der Waals surface area contributed by atoms with Crippen molar-refractivity contribution in [2.45, 2.75) is 32.4 Å². The lowest BCUT2D eigenvalue weighted by Crippen LogP contribution is -2.56. The molecule has 0 radical (unpaired) electrons. The summed E-state index contributed by atoms with van der Waals surface area (Å²) in [5, 5.41) is 11.6. The summed E-state index contributed by atoms with van der Waals surface area (Å²) < 4.78 is 0. The lowest BCUT2D eigenvalue weighted by atomic mass is 10.1. The Morgan fingerprint density at radius 3 is 2.61 bits per heavy atom. The Kier molecular flexibility index (Phi) is 5.55. The maximum atomic E-state index is 11.1. The number of rotatable bonds is 5. The second-order valence-electron chi connectivity index (χ2n) is 4.89.